The Morgan fingerprint density at radius 2 is 1.25 bits per heavy atom. The second-order valence-corrected chi connectivity index (χ2v) is 8.23. The third-order valence-electron chi connectivity index (χ3n) is 4.97. The maximum atomic E-state index is 10.9. The van der Waals surface area contributed by atoms with Gasteiger partial charge in [-0.05, 0) is 0 Å². The van der Waals surface area contributed by atoms with E-state index in [1.165, 1.54) is 0 Å². The maximum Gasteiger partial charge on any atom is 0.204 e. The van der Waals surface area contributed by atoms with Gasteiger partial charge in [0.1, 0.15) is 0 Å². The summed E-state index contributed by atoms with van der Waals surface area (Å²) >= 11 is 0. The third kappa shape index (κ3) is 3.34. The molecule has 2 fully saturated rings. The summed E-state index contributed by atoms with van der Waals surface area (Å²) in [5, 5.41) is 39.5. The number of rotatable bonds is 5. The summed E-state index contributed by atoms with van der Waals surface area (Å²) in [6, 6.07) is 0. The van der Waals surface area contributed by atoms with Gasteiger partial charge in [-0.2, -0.15) is 0 Å². The molecule has 2 saturated heterocycles. The predicted octanol–water partition coefficient (Wildman–Crippen LogP) is -0.563. The van der Waals surface area contributed by atoms with E-state index in [9.17, 15) is 20.4 Å². The lowest BCUT2D eigenvalue weighted by atomic mass is 9.78. The van der Waals surface area contributed by atoms with Crippen molar-refractivity contribution in [3.8, 4) is 0 Å². The smallest absolute Gasteiger partial charge is 0.204 e. The molecule has 1 spiro atoms. The molecule has 8 nitrogen and oxygen atoms in total. The van der Waals surface area contributed by atoms with Crippen molar-refractivity contribution in [1.82, 2.24) is 0 Å². The first-order chi connectivity index (χ1) is 11.1. The third-order valence-corrected chi connectivity index (χ3v) is 4.97. The van der Waals surface area contributed by atoms with Gasteiger partial charge in [-0.1, -0.05) is 27.7 Å². The zero-order valence-corrected chi connectivity index (χ0v) is 14.8. The lowest BCUT2D eigenvalue weighted by Crippen LogP contribution is -2.69. The largest absolute Gasteiger partial charge is 0.396 e. The van der Waals surface area contributed by atoms with E-state index in [-0.39, 0.29) is 33.0 Å². The Hall–Kier alpha value is -0.320. The van der Waals surface area contributed by atoms with E-state index in [1.54, 1.807) is 13.8 Å². The molecule has 0 bridgehead atoms. The van der Waals surface area contributed by atoms with E-state index >= 15 is 0 Å². The average Bonchev–Trinajstić information content (AvgIpc) is 2.57. The fourth-order valence-corrected chi connectivity index (χ4v) is 2.74. The second kappa shape index (κ2) is 6.77. The fraction of sp³-hybridized carbons (Fsp3) is 1.00. The number of aliphatic hydroxyl groups excluding tert-OH is 3. The molecule has 2 atom stereocenters. The van der Waals surface area contributed by atoms with Crippen LogP contribution in [-0.2, 0) is 18.9 Å². The van der Waals surface area contributed by atoms with Gasteiger partial charge in [0, 0.05) is 10.8 Å². The Labute approximate surface area is 142 Å². The first-order valence-corrected chi connectivity index (χ1v) is 8.13. The Balaban J connectivity index is 2.14. The van der Waals surface area contributed by atoms with Gasteiger partial charge < -0.3 is 39.4 Å². The van der Waals surface area contributed by atoms with Gasteiger partial charge in [0.15, 0.2) is 12.6 Å². The van der Waals surface area contributed by atoms with E-state index in [2.05, 4.69) is 0 Å². The van der Waals surface area contributed by atoms with Crippen molar-refractivity contribution in [2.45, 2.75) is 46.1 Å². The number of hydrogen-bond acceptors (Lipinski definition) is 8. The molecule has 0 amide bonds. The number of ether oxygens (including phenoxy) is 4. The predicted molar refractivity (Wildman–Crippen MR) is 82.7 cm³/mol. The van der Waals surface area contributed by atoms with E-state index in [0.717, 1.165) is 0 Å². The van der Waals surface area contributed by atoms with E-state index < -0.39 is 41.2 Å². The van der Waals surface area contributed by atoms with Crippen molar-refractivity contribution in [3.05, 3.63) is 0 Å². The van der Waals surface area contributed by atoms with Crippen LogP contribution in [0.4, 0.5) is 0 Å². The van der Waals surface area contributed by atoms with Gasteiger partial charge in [-0.25, -0.2) is 0 Å². The average molecular weight is 350 g/mol. The van der Waals surface area contributed by atoms with Crippen molar-refractivity contribution in [2.75, 3.05) is 39.6 Å². The molecule has 0 aromatic carbocycles. The summed E-state index contributed by atoms with van der Waals surface area (Å²) in [6.45, 7) is 6.25. The van der Waals surface area contributed by atoms with Gasteiger partial charge in [-0.3, -0.25) is 0 Å². The van der Waals surface area contributed by atoms with Crippen LogP contribution in [0.5, 0.6) is 0 Å². The molecule has 2 unspecified atom stereocenters. The summed E-state index contributed by atoms with van der Waals surface area (Å²) in [4.78, 5) is 0. The van der Waals surface area contributed by atoms with Crippen molar-refractivity contribution in [1.29, 1.82) is 0 Å². The number of aliphatic hydroxyl groups is 4. The van der Waals surface area contributed by atoms with Crippen LogP contribution >= 0.6 is 0 Å². The van der Waals surface area contributed by atoms with Crippen LogP contribution in [0.3, 0.4) is 0 Å². The van der Waals surface area contributed by atoms with E-state index in [0.29, 0.717) is 0 Å². The molecule has 0 radical (unpaired) electrons. The van der Waals surface area contributed by atoms with Crippen LogP contribution in [0.15, 0.2) is 0 Å². The van der Waals surface area contributed by atoms with Crippen molar-refractivity contribution in [2.24, 2.45) is 16.2 Å². The molecule has 4 N–H and O–H groups in total. The molecular formula is C16H30O8. The summed E-state index contributed by atoms with van der Waals surface area (Å²) in [6.07, 6.45) is -1.51. The highest BCUT2D eigenvalue weighted by molar-refractivity contribution is 4.99. The first kappa shape index (κ1) is 20.0. The van der Waals surface area contributed by atoms with Crippen LogP contribution in [0.1, 0.15) is 27.7 Å². The van der Waals surface area contributed by atoms with E-state index in [1.807, 2.05) is 13.8 Å². The zero-order chi connectivity index (χ0) is 18.2. The van der Waals surface area contributed by atoms with Gasteiger partial charge in [-0.15, -0.1) is 0 Å². The Morgan fingerprint density at radius 1 is 0.833 bits per heavy atom. The molecule has 24 heavy (non-hydrogen) atoms. The monoisotopic (exact) mass is 350 g/mol. The highest BCUT2D eigenvalue weighted by Crippen LogP contribution is 2.46. The summed E-state index contributed by atoms with van der Waals surface area (Å²) in [5.74, 6) is -1.92. The highest BCUT2D eigenvalue weighted by atomic mass is 16.8. The molecule has 2 aliphatic heterocycles. The molecule has 2 rings (SSSR count). The summed E-state index contributed by atoms with van der Waals surface area (Å²) in [7, 11) is 0. The standard InChI is InChI=1S/C16H30O8/c1-13(2,5-17)11-21-8-15(9-22-11)10-23-12(14(3,4)6-18)24-16(15,20)7-19/h11-12,17-20H,5-10H2,1-4H3. The van der Waals surface area contributed by atoms with Crippen LogP contribution in [0, 0.1) is 16.2 Å². The Kier molecular flexibility index (Phi) is 5.64. The van der Waals surface area contributed by atoms with Crippen molar-refractivity contribution in [3.63, 3.8) is 0 Å². The zero-order valence-electron chi connectivity index (χ0n) is 14.8. The molecule has 0 aromatic rings. The van der Waals surface area contributed by atoms with Gasteiger partial charge in [0.05, 0.1) is 45.1 Å². The Morgan fingerprint density at radius 3 is 1.67 bits per heavy atom. The van der Waals surface area contributed by atoms with Gasteiger partial charge >= 0.3 is 0 Å². The molecule has 2 heterocycles. The molecule has 0 saturated carbocycles. The SMILES string of the molecule is CC(C)(CO)C1OCC2(CO1)COC(C(C)(C)CO)OC2(O)CO. The van der Waals surface area contributed by atoms with Crippen LogP contribution in [-0.4, -0.2) is 78.4 Å². The van der Waals surface area contributed by atoms with Gasteiger partial charge in [0.2, 0.25) is 5.79 Å². The molecule has 0 aliphatic carbocycles. The normalized spacial score (nSPS) is 38.5. The van der Waals surface area contributed by atoms with E-state index in [4.69, 9.17) is 18.9 Å². The topological polar surface area (TPSA) is 118 Å². The molecular weight excluding hydrogens is 320 g/mol. The van der Waals surface area contributed by atoms with Crippen molar-refractivity contribution >= 4 is 0 Å². The molecule has 2 aliphatic rings. The second-order valence-electron chi connectivity index (χ2n) is 8.23. The van der Waals surface area contributed by atoms with Crippen LogP contribution < -0.4 is 0 Å². The summed E-state index contributed by atoms with van der Waals surface area (Å²) in [5.41, 5.74) is -2.44. The lowest BCUT2D eigenvalue weighted by Gasteiger charge is -2.55. The quantitative estimate of drug-likeness (QED) is 0.521. The Bertz CT molecular complexity index is 422. The molecule has 0 aromatic heterocycles. The van der Waals surface area contributed by atoms with Crippen LogP contribution in [0.25, 0.3) is 0 Å². The highest BCUT2D eigenvalue weighted by Gasteiger charge is 2.61. The lowest BCUT2D eigenvalue weighted by molar-refractivity contribution is -0.446. The summed E-state index contributed by atoms with van der Waals surface area (Å²) < 4.78 is 22.8. The molecule has 142 valence electrons. The minimum atomic E-state index is -1.92. The molecule has 8 heteroatoms. The number of hydrogen-bond donors (Lipinski definition) is 4. The van der Waals surface area contributed by atoms with Gasteiger partial charge in [0.25, 0.3) is 0 Å². The minimum absolute atomic E-state index is 0.0461. The first-order valence-electron chi connectivity index (χ1n) is 8.13. The fourth-order valence-electron chi connectivity index (χ4n) is 2.74. The van der Waals surface area contributed by atoms with Crippen molar-refractivity contribution < 1.29 is 39.4 Å². The minimum Gasteiger partial charge on any atom is -0.396 e. The maximum absolute atomic E-state index is 10.9. The van der Waals surface area contributed by atoms with Crippen LogP contribution in [0.2, 0.25) is 0 Å².